The summed E-state index contributed by atoms with van der Waals surface area (Å²) in [5, 5.41) is 13.0. The molecule has 0 unspecified atom stereocenters. The minimum atomic E-state index is -0.208. The Morgan fingerprint density at radius 1 is 1.03 bits per heavy atom. The molecule has 1 aliphatic heterocycles. The zero-order chi connectivity index (χ0) is 21.1. The Morgan fingerprint density at radius 3 is 2.24 bits per heavy atom. The summed E-state index contributed by atoms with van der Waals surface area (Å²) < 4.78 is 0. The fourth-order valence-electron chi connectivity index (χ4n) is 4.72. The number of nitrogens with one attached hydrogen (secondary N) is 1. The quantitative estimate of drug-likeness (QED) is 0.479. The number of para-hydroxylation sites is 1. The highest BCUT2D eigenvalue weighted by Gasteiger charge is 2.35. The minimum Gasteiger partial charge on any atom is -0.394 e. The second kappa shape index (κ2) is 12.9. The first-order valence-corrected chi connectivity index (χ1v) is 11.8. The summed E-state index contributed by atoms with van der Waals surface area (Å²) in [6.07, 6.45) is 12.7. The standard InChI is InChI=1S/C25H42N2O2/c1-4-6-8-10-14-20(15-11-9-7-5-2)24-25(29)26-22(19-28)18-21-16-12-13-17-23(21)27(24)3/h12-13,16-17,20,22,24,28H,4-11,14-15,18-19H2,1-3H3,(H,26,29)/t22-,24-/m0/s1. The van der Waals surface area contributed by atoms with Crippen LogP contribution in [0.25, 0.3) is 0 Å². The Morgan fingerprint density at radius 2 is 1.66 bits per heavy atom. The molecule has 0 radical (unpaired) electrons. The van der Waals surface area contributed by atoms with E-state index in [-0.39, 0.29) is 24.6 Å². The van der Waals surface area contributed by atoms with E-state index >= 15 is 0 Å². The molecule has 1 aliphatic rings. The summed E-state index contributed by atoms with van der Waals surface area (Å²) >= 11 is 0. The fourth-order valence-corrected chi connectivity index (χ4v) is 4.72. The zero-order valence-corrected chi connectivity index (χ0v) is 18.8. The van der Waals surface area contributed by atoms with Crippen LogP contribution >= 0.6 is 0 Å². The van der Waals surface area contributed by atoms with Gasteiger partial charge in [-0.15, -0.1) is 0 Å². The van der Waals surface area contributed by atoms with E-state index in [0.29, 0.717) is 12.3 Å². The maximum absolute atomic E-state index is 13.3. The van der Waals surface area contributed by atoms with Crippen molar-refractivity contribution in [2.75, 3.05) is 18.6 Å². The van der Waals surface area contributed by atoms with Crippen molar-refractivity contribution in [2.45, 2.75) is 96.6 Å². The Hall–Kier alpha value is -1.55. The Labute approximate surface area is 178 Å². The molecular formula is C25H42N2O2. The first kappa shape index (κ1) is 23.7. The normalized spacial score (nSPS) is 19.6. The van der Waals surface area contributed by atoms with Gasteiger partial charge in [-0.25, -0.2) is 0 Å². The van der Waals surface area contributed by atoms with Crippen LogP contribution in [-0.4, -0.2) is 36.8 Å². The number of amides is 1. The molecule has 0 fully saturated rings. The molecule has 2 atom stereocenters. The second-order valence-corrected chi connectivity index (χ2v) is 8.74. The van der Waals surface area contributed by atoms with Crippen LogP contribution < -0.4 is 10.2 Å². The molecule has 0 aliphatic carbocycles. The van der Waals surface area contributed by atoms with Crippen molar-refractivity contribution in [1.82, 2.24) is 5.32 Å². The van der Waals surface area contributed by atoms with Gasteiger partial charge in [-0.3, -0.25) is 4.79 Å². The SMILES string of the molecule is CCCCCCC(CCCCCC)[C@H]1C(=O)N[C@H](CO)Cc2ccccc2N1C. The molecular weight excluding hydrogens is 360 g/mol. The van der Waals surface area contributed by atoms with E-state index in [4.69, 9.17) is 0 Å². The van der Waals surface area contributed by atoms with Crippen LogP contribution in [0.1, 0.15) is 83.6 Å². The highest BCUT2D eigenvalue weighted by Crippen LogP contribution is 2.31. The van der Waals surface area contributed by atoms with E-state index in [1.165, 1.54) is 56.9 Å². The van der Waals surface area contributed by atoms with E-state index in [1.807, 2.05) is 6.07 Å². The van der Waals surface area contributed by atoms with Gasteiger partial charge in [-0.1, -0.05) is 83.4 Å². The zero-order valence-electron chi connectivity index (χ0n) is 18.8. The van der Waals surface area contributed by atoms with E-state index in [1.54, 1.807) is 0 Å². The molecule has 2 rings (SSSR count). The molecule has 0 saturated carbocycles. The highest BCUT2D eigenvalue weighted by molar-refractivity contribution is 5.86. The number of carbonyl (C=O) groups excluding carboxylic acids is 1. The molecule has 2 N–H and O–H groups in total. The summed E-state index contributed by atoms with van der Waals surface area (Å²) in [4.78, 5) is 15.5. The lowest BCUT2D eigenvalue weighted by molar-refractivity contribution is -0.124. The molecule has 1 aromatic carbocycles. The summed E-state index contributed by atoms with van der Waals surface area (Å²) in [7, 11) is 2.08. The van der Waals surface area contributed by atoms with Gasteiger partial charge in [0.15, 0.2) is 0 Å². The maximum atomic E-state index is 13.3. The number of aliphatic hydroxyl groups is 1. The third kappa shape index (κ3) is 7.02. The van der Waals surface area contributed by atoms with Crippen molar-refractivity contribution in [3.8, 4) is 0 Å². The number of rotatable bonds is 12. The van der Waals surface area contributed by atoms with Crippen molar-refractivity contribution in [3.63, 3.8) is 0 Å². The average molecular weight is 403 g/mol. The second-order valence-electron chi connectivity index (χ2n) is 8.74. The summed E-state index contributed by atoms with van der Waals surface area (Å²) in [5.74, 6) is 0.427. The number of carbonyl (C=O) groups is 1. The van der Waals surface area contributed by atoms with Crippen molar-refractivity contribution in [2.24, 2.45) is 5.92 Å². The van der Waals surface area contributed by atoms with Gasteiger partial charge in [0.2, 0.25) is 5.91 Å². The summed E-state index contributed by atoms with van der Waals surface area (Å²) in [6.45, 7) is 4.46. The molecule has 1 heterocycles. The molecule has 4 heteroatoms. The van der Waals surface area contributed by atoms with E-state index < -0.39 is 0 Å². The van der Waals surface area contributed by atoms with Gasteiger partial charge in [-0.2, -0.15) is 0 Å². The van der Waals surface area contributed by atoms with Crippen LogP contribution in [0.5, 0.6) is 0 Å². The van der Waals surface area contributed by atoms with Gasteiger partial charge >= 0.3 is 0 Å². The van der Waals surface area contributed by atoms with Crippen molar-refractivity contribution in [3.05, 3.63) is 29.8 Å². The van der Waals surface area contributed by atoms with Crippen LogP contribution in [0.3, 0.4) is 0 Å². The summed E-state index contributed by atoms with van der Waals surface area (Å²) in [6, 6.07) is 7.97. The van der Waals surface area contributed by atoms with Crippen LogP contribution in [0, 0.1) is 5.92 Å². The molecule has 29 heavy (non-hydrogen) atoms. The van der Waals surface area contributed by atoms with Gasteiger partial charge < -0.3 is 15.3 Å². The van der Waals surface area contributed by atoms with Crippen LogP contribution in [0.2, 0.25) is 0 Å². The molecule has 0 bridgehead atoms. The predicted molar refractivity (Wildman–Crippen MR) is 122 cm³/mol. The first-order chi connectivity index (χ1) is 14.1. The van der Waals surface area contributed by atoms with Crippen LogP contribution in [0.15, 0.2) is 24.3 Å². The lowest BCUT2D eigenvalue weighted by atomic mass is 9.85. The first-order valence-electron chi connectivity index (χ1n) is 11.8. The Bertz CT molecular complexity index is 592. The number of fused-ring (bicyclic) bond motifs is 1. The Balaban J connectivity index is 2.25. The predicted octanol–water partition coefficient (Wildman–Crippen LogP) is 5.08. The monoisotopic (exact) mass is 402 g/mol. The number of hydrogen-bond donors (Lipinski definition) is 2. The largest absolute Gasteiger partial charge is 0.394 e. The number of benzene rings is 1. The topological polar surface area (TPSA) is 52.6 Å². The molecule has 164 valence electrons. The van der Waals surface area contributed by atoms with Gasteiger partial charge in [0.1, 0.15) is 6.04 Å². The number of anilines is 1. The van der Waals surface area contributed by atoms with Crippen molar-refractivity contribution in [1.29, 1.82) is 0 Å². The summed E-state index contributed by atoms with van der Waals surface area (Å²) in [5.41, 5.74) is 2.34. The maximum Gasteiger partial charge on any atom is 0.243 e. The third-order valence-electron chi connectivity index (χ3n) is 6.39. The van der Waals surface area contributed by atoms with Crippen molar-refractivity contribution >= 4 is 11.6 Å². The number of nitrogens with zero attached hydrogens (tertiary/aromatic N) is 1. The molecule has 0 spiro atoms. The molecule has 1 amide bonds. The Kier molecular flexibility index (Phi) is 10.5. The fraction of sp³-hybridized carbons (Fsp3) is 0.720. The van der Waals surface area contributed by atoms with E-state index in [2.05, 4.69) is 49.3 Å². The molecule has 0 aromatic heterocycles. The van der Waals surface area contributed by atoms with Crippen LogP contribution in [-0.2, 0) is 11.2 Å². The smallest absolute Gasteiger partial charge is 0.243 e. The van der Waals surface area contributed by atoms with Crippen molar-refractivity contribution < 1.29 is 9.90 Å². The van der Waals surface area contributed by atoms with E-state index in [0.717, 1.165) is 18.5 Å². The van der Waals surface area contributed by atoms with Gasteiger partial charge in [0.25, 0.3) is 0 Å². The molecule has 0 saturated heterocycles. The van der Waals surface area contributed by atoms with Crippen LogP contribution in [0.4, 0.5) is 5.69 Å². The van der Waals surface area contributed by atoms with Gasteiger partial charge in [0, 0.05) is 12.7 Å². The van der Waals surface area contributed by atoms with E-state index in [9.17, 15) is 9.90 Å². The van der Waals surface area contributed by atoms with Gasteiger partial charge in [-0.05, 0) is 36.8 Å². The average Bonchev–Trinajstić information content (AvgIpc) is 2.72. The lowest BCUT2D eigenvalue weighted by Gasteiger charge is -2.39. The highest BCUT2D eigenvalue weighted by atomic mass is 16.3. The number of hydrogen-bond acceptors (Lipinski definition) is 3. The molecule has 4 nitrogen and oxygen atoms in total. The number of unbranched alkanes of at least 4 members (excludes halogenated alkanes) is 6. The molecule has 1 aromatic rings. The third-order valence-corrected chi connectivity index (χ3v) is 6.39. The van der Waals surface area contributed by atoms with Gasteiger partial charge in [0.05, 0.1) is 12.6 Å². The minimum absolute atomic E-state index is 0.0197. The number of aliphatic hydroxyl groups excluding tert-OH is 1. The number of likely N-dealkylation sites (N-methyl/N-ethyl adjacent to an activating group) is 1. The lowest BCUT2D eigenvalue weighted by Crippen LogP contribution is -2.55.